The van der Waals surface area contributed by atoms with Gasteiger partial charge in [-0.15, -0.1) is 0 Å². The number of rotatable bonds is 3. The van der Waals surface area contributed by atoms with Gasteiger partial charge in [0.15, 0.2) is 0 Å². The fourth-order valence-electron chi connectivity index (χ4n) is 2.06. The fraction of sp³-hybridized carbons (Fsp3) is 0.333. The average Bonchev–Trinajstić information content (AvgIpc) is 2.92. The van der Waals surface area contributed by atoms with Gasteiger partial charge in [-0.25, -0.2) is 0 Å². The molecule has 0 spiro atoms. The lowest BCUT2D eigenvalue weighted by molar-refractivity contribution is -0.122. The van der Waals surface area contributed by atoms with E-state index in [9.17, 15) is 9.59 Å². The Morgan fingerprint density at radius 2 is 2.38 bits per heavy atom. The highest BCUT2D eigenvalue weighted by Crippen LogP contribution is 2.25. The maximum Gasteiger partial charge on any atom is 0.247 e. The number of nitrogens with one attached hydrogen (secondary N) is 2. The molecular weight excluding hydrogens is 272 g/mol. The van der Waals surface area contributed by atoms with Gasteiger partial charge in [-0.1, -0.05) is 11.8 Å². The van der Waals surface area contributed by atoms with Crippen molar-refractivity contribution in [1.29, 1.82) is 0 Å². The van der Waals surface area contributed by atoms with Crippen molar-refractivity contribution in [2.45, 2.75) is 18.9 Å². The van der Waals surface area contributed by atoms with Gasteiger partial charge in [0.1, 0.15) is 18.4 Å². The van der Waals surface area contributed by atoms with Crippen molar-refractivity contribution >= 4 is 17.5 Å². The maximum absolute atomic E-state index is 12.1. The summed E-state index contributed by atoms with van der Waals surface area (Å²) in [4.78, 5) is 23.2. The third-order valence-corrected chi connectivity index (χ3v) is 3.08. The Morgan fingerprint density at radius 3 is 3.00 bits per heavy atom. The van der Waals surface area contributed by atoms with Crippen LogP contribution in [0.3, 0.4) is 0 Å². The molecule has 1 aromatic rings. The predicted molar refractivity (Wildman–Crippen MR) is 76.8 cm³/mol. The highest BCUT2D eigenvalue weighted by atomic mass is 16.5. The Labute approximate surface area is 122 Å². The maximum atomic E-state index is 12.1. The molecule has 1 atom stereocenters. The molecule has 0 radical (unpaired) electrons. The van der Waals surface area contributed by atoms with Crippen molar-refractivity contribution in [3.05, 3.63) is 23.8 Å². The van der Waals surface area contributed by atoms with Crippen LogP contribution in [0.1, 0.15) is 18.4 Å². The molecule has 1 aromatic carbocycles. The minimum absolute atomic E-state index is 0.121. The molecule has 6 nitrogen and oxygen atoms in total. The molecule has 3 N–H and O–H groups in total. The Balaban J connectivity index is 2.17. The first-order chi connectivity index (χ1) is 10.1. The zero-order valence-electron chi connectivity index (χ0n) is 11.6. The van der Waals surface area contributed by atoms with Crippen molar-refractivity contribution in [3.8, 4) is 17.6 Å². The van der Waals surface area contributed by atoms with Gasteiger partial charge in [0.05, 0.1) is 12.8 Å². The minimum Gasteiger partial charge on any atom is -0.495 e. The Hall–Kier alpha value is -2.52. The number of aliphatic hydroxyl groups is 1. The third kappa shape index (κ3) is 3.74. The van der Waals surface area contributed by atoms with Gasteiger partial charge in [-0.2, -0.15) is 0 Å². The molecule has 0 saturated carbocycles. The van der Waals surface area contributed by atoms with Gasteiger partial charge in [0.2, 0.25) is 11.8 Å². The van der Waals surface area contributed by atoms with Gasteiger partial charge in [-0.05, 0) is 24.6 Å². The largest absolute Gasteiger partial charge is 0.495 e. The summed E-state index contributed by atoms with van der Waals surface area (Å²) in [5.41, 5.74) is 1.13. The van der Waals surface area contributed by atoms with Crippen molar-refractivity contribution in [2.24, 2.45) is 0 Å². The Kier molecular flexibility index (Phi) is 4.80. The van der Waals surface area contributed by atoms with Gasteiger partial charge in [0, 0.05) is 12.0 Å². The molecule has 21 heavy (non-hydrogen) atoms. The summed E-state index contributed by atoms with van der Waals surface area (Å²) in [6, 6.07) is 4.56. The number of amides is 2. The molecule has 1 fully saturated rings. The Morgan fingerprint density at radius 1 is 1.57 bits per heavy atom. The molecule has 0 bridgehead atoms. The van der Waals surface area contributed by atoms with E-state index in [2.05, 4.69) is 22.5 Å². The second-order valence-corrected chi connectivity index (χ2v) is 4.52. The van der Waals surface area contributed by atoms with E-state index in [1.165, 1.54) is 7.11 Å². The van der Waals surface area contributed by atoms with Crippen molar-refractivity contribution in [2.75, 3.05) is 19.0 Å². The summed E-state index contributed by atoms with van der Waals surface area (Å²) in [7, 11) is 1.50. The van der Waals surface area contributed by atoms with Crippen LogP contribution in [0.4, 0.5) is 5.69 Å². The topological polar surface area (TPSA) is 87.7 Å². The molecule has 6 heteroatoms. The third-order valence-electron chi connectivity index (χ3n) is 3.08. The quantitative estimate of drug-likeness (QED) is 0.696. The molecular formula is C15H16N2O4. The standard InChI is InChI=1S/C15H16N2O4/c1-21-13-6-4-10(3-2-8-18)9-12(13)17-15(20)11-5-7-14(19)16-11/h4,6,9,11,18H,5,7-8H2,1H3,(H,16,19)(H,17,20). The van der Waals surface area contributed by atoms with E-state index in [0.717, 1.165) is 0 Å². The zero-order chi connectivity index (χ0) is 15.2. The number of carbonyl (C=O) groups excluding carboxylic acids is 2. The zero-order valence-corrected chi connectivity index (χ0v) is 11.6. The molecule has 1 unspecified atom stereocenters. The molecule has 1 aliphatic rings. The van der Waals surface area contributed by atoms with Crippen LogP contribution in [0.5, 0.6) is 5.75 Å². The van der Waals surface area contributed by atoms with Crippen molar-refractivity contribution in [3.63, 3.8) is 0 Å². The van der Waals surface area contributed by atoms with E-state index in [0.29, 0.717) is 29.8 Å². The van der Waals surface area contributed by atoms with E-state index in [1.807, 2.05) is 0 Å². The predicted octanol–water partition coefficient (Wildman–Crippen LogP) is 0.256. The number of ether oxygens (including phenoxy) is 1. The smallest absolute Gasteiger partial charge is 0.247 e. The first kappa shape index (κ1) is 14.9. The summed E-state index contributed by atoms with van der Waals surface area (Å²) in [6.07, 6.45) is 0.841. The van der Waals surface area contributed by atoms with Gasteiger partial charge >= 0.3 is 0 Å². The first-order valence-corrected chi connectivity index (χ1v) is 6.52. The van der Waals surface area contributed by atoms with Gasteiger partial charge in [0.25, 0.3) is 0 Å². The van der Waals surface area contributed by atoms with E-state index in [1.54, 1.807) is 18.2 Å². The van der Waals surface area contributed by atoms with Crippen LogP contribution < -0.4 is 15.4 Å². The number of hydrogen-bond donors (Lipinski definition) is 3. The Bertz CT molecular complexity index is 616. The second-order valence-electron chi connectivity index (χ2n) is 4.52. The van der Waals surface area contributed by atoms with Crippen LogP contribution in [-0.4, -0.2) is 36.7 Å². The summed E-state index contributed by atoms with van der Waals surface area (Å²) in [6.45, 7) is -0.234. The van der Waals surface area contributed by atoms with E-state index in [-0.39, 0.29) is 18.4 Å². The summed E-state index contributed by atoms with van der Waals surface area (Å²) < 4.78 is 5.19. The molecule has 1 aliphatic heterocycles. The van der Waals surface area contributed by atoms with Crippen LogP contribution in [-0.2, 0) is 9.59 Å². The summed E-state index contributed by atoms with van der Waals surface area (Å²) in [5.74, 6) is 5.39. The minimum atomic E-state index is -0.519. The number of aliphatic hydroxyl groups excluding tert-OH is 1. The normalized spacial score (nSPS) is 16.7. The van der Waals surface area contributed by atoms with Crippen molar-refractivity contribution < 1.29 is 19.4 Å². The molecule has 0 aromatic heterocycles. The lowest BCUT2D eigenvalue weighted by Crippen LogP contribution is -2.37. The number of carbonyl (C=O) groups is 2. The lowest BCUT2D eigenvalue weighted by Gasteiger charge is -2.14. The van der Waals surface area contributed by atoms with E-state index < -0.39 is 6.04 Å². The summed E-state index contributed by atoms with van der Waals surface area (Å²) in [5, 5.41) is 14.0. The molecule has 1 saturated heterocycles. The number of anilines is 1. The first-order valence-electron chi connectivity index (χ1n) is 6.52. The molecule has 110 valence electrons. The molecule has 1 heterocycles. The number of hydrogen-bond acceptors (Lipinski definition) is 4. The highest BCUT2D eigenvalue weighted by molar-refractivity contribution is 6.00. The van der Waals surface area contributed by atoms with E-state index in [4.69, 9.17) is 9.84 Å². The monoisotopic (exact) mass is 288 g/mol. The molecule has 2 amide bonds. The SMILES string of the molecule is COc1ccc(C#CCO)cc1NC(=O)C1CCC(=O)N1. The van der Waals surface area contributed by atoms with E-state index >= 15 is 0 Å². The van der Waals surface area contributed by atoms with Gasteiger partial charge < -0.3 is 20.5 Å². The summed E-state index contributed by atoms with van der Waals surface area (Å²) >= 11 is 0. The average molecular weight is 288 g/mol. The number of methoxy groups -OCH3 is 1. The van der Waals surface area contributed by atoms with Crippen LogP contribution in [0.15, 0.2) is 18.2 Å². The van der Waals surface area contributed by atoms with Crippen LogP contribution in [0.2, 0.25) is 0 Å². The molecule has 0 aliphatic carbocycles. The van der Waals surface area contributed by atoms with Gasteiger partial charge in [-0.3, -0.25) is 9.59 Å². The fourth-order valence-corrected chi connectivity index (χ4v) is 2.06. The van der Waals surface area contributed by atoms with Crippen LogP contribution >= 0.6 is 0 Å². The van der Waals surface area contributed by atoms with Crippen LogP contribution in [0, 0.1) is 11.8 Å². The molecule has 2 rings (SSSR count). The van der Waals surface area contributed by atoms with Crippen LogP contribution in [0.25, 0.3) is 0 Å². The van der Waals surface area contributed by atoms with Crippen molar-refractivity contribution in [1.82, 2.24) is 5.32 Å². The number of benzene rings is 1. The highest BCUT2D eigenvalue weighted by Gasteiger charge is 2.27. The lowest BCUT2D eigenvalue weighted by atomic mass is 10.1. The second kappa shape index (κ2) is 6.77.